The van der Waals surface area contributed by atoms with Crippen LogP contribution in [-0.2, 0) is 6.61 Å². The molecule has 1 aliphatic rings. The topological polar surface area (TPSA) is 58.9 Å². The molecule has 0 aliphatic carbocycles. The maximum absolute atomic E-state index is 9.52. The largest absolute Gasteiger partial charge is 0.506 e. The molecule has 0 saturated carbocycles. The van der Waals surface area contributed by atoms with Crippen molar-refractivity contribution in [2.45, 2.75) is 6.61 Å². The van der Waals surface area contributed by atoms with Gasteiger partial charge in [0, 0.05) is 6.07 Å². The second-order valence-electron chi connectivity index (χ2n) is 2.58. The van der Waals surface area contributed by atoms with Crippen LogP contribution in [0.2, 0.25) is 0 Å². The smallest absolute Gasteiger partial charge is 0.231 e. The molecule has 70 valence electrons. The van der Waals surface area contributed by atoms with E-state index in [4.69, 9.17) is 14.6 Å². The number of aliphatic hydroxyl groups excluding tert-OH is 1. The molecule has 4 nitrogen and oxygen atoms in total. The molecule has 2 rings (SSSR count). The zero-order chi connectivity index (χ0) is 9.42. The number of fused-ring (bicyclic) bond motifs is 1. The molecule has 0 fully saturated rings. The summed E-state index contributed by atoms with van der Waals surface area (Å²) in [4.78, 5) is 0. The summed E-state index contributed by atoms with van der Waals surface area (Å²) in [6, 6.07) is 1.61. The van der Waals surface area contributed by atoms with Crippen molar-refractivity contribution in [1.29, 1.82) is 0 Å². The van der Waals surface area contributed by atoms with E-state index in [0.717, 1.165) is 0 Å². The molecule has 1 aliphatic heterocycles. The van der Waals surface area contributed by atoms with E-state index in [0.29, 0.717) is 21.5 Å². The Morgan fingerprint density at radius 2 is 2.23 bits per heavy atom. The predicted octanol–water partition coefficient (Wildman–Crippen LogP) is 1.38. The van der Waals surface area contributed by atoms with E-state index in [1.165, 1.54) is 0 Å². The Morgan fingerprint density at radius 3 is 2.92 bits per heavy atom. The highest BCUT2D eigenvalue weighted by molar-refractivity contribution is 9.10. The van der Waals surface area contributed by atoms with Gasteiger partial charge in [-0.2, -0.15) is 0 Å². The van der Waals surface area contributed by atoms with Gasteiger partial charge >= 0.3 is 0 Å². The van der Waals surface area contributed by atoms with Crippen LogP contribution in [0.3, 0.4) is 0 Å². The Bertz CT molecular complexity index is 350. The SMILES string of the molecule is OCc1c(O)c(Br)cc2c1OCO2. The van der Waals surface area contributed by atoms with E-state index in [1.807, 2.05) is 0 Å². The van der Waals surface area contributed by atoms with Crippen LogP contribution in [0, 0.1) is 0 Å². The molecule has 1 heterocycles. The van der Waals surface area contributed by atoms with Crippen LogP contribution in [0.25, 0.3) is 0 Å². The highest BCUT2D eigenvalue weighted by atomic mass is 79.9. The van der Waals surface area contributed by atoms with Gasteiger partial charge in [0.2, 0.25) is 6.79 Å². The average Bonchev–Trinajstić information content (AvgIpc) is 2.54. The first-order valence-corrected chi connectivity index (χ1v) is 4.44. The average molecular weight is 247 g/mol. The zero-order valence-corrected chi connectivity index (χ0v) is 8.17. The van der Waals surface area contributed by atoms with Crippen LogP contribution in [0.4, 0.5) is 0 Å². The second kappa shape index (κ2) is 3.08. The summed E-state index contributed by atoms with van der Waals surface area (Å²) < 4.78 is 10.7. The van der Waals surface area contributed by atoms with Crippen LogP contribution in [0.5, 0.6) is 17.2 Å². The summed E-state index contributed by atoms with van der Waals surface area (Å²) >= 11 is 3.14. The predicted molar refractivity (Wildman–Crippen MR) is 47.9 cm³/mol. The number of phenols is 1. The number of halogens is 1. The minimum atomic E-state index is -0.281. The first-order valence-electron chi connectivity index (χ1n) is 3.65. The lowest BCUT2D eigenvalue weighted by Crippen LogP contribution is -1.94. The van der Waals surface area contributed by atoms with Crippen molar-refractivity contribution >= 4 is 15.9 Å². The lowest BCUT2D eigenvalue weighted by atomic mass is 10.2. The minimum Gasteiger partial charge on any atom is -0.506 e. The monoisotopic (exact) mass is 246 g/mol. The summed E-state index contributed by atoms with van der Waals surface area (Å²) in [5.41, 5.74) is 0.349. The Morgan fingerprint density at radius 1 is 1.46 bits per heavy atom. The number of benzene rings is 1. The van der Waals surface area contributed by atoms with Gasteiger partial charge in [-0.1, -0.05) is 0 Å². The molecule has 5 heteroatoms. The minimum absolute atomic E-state index is 0.00764. The Balaban J connectivity index is 2.64. The summed E-state index contributed by atoms with van der Waals surface area (Å²) in [5, 5.41) is 18.5. The van der Waals surface area contributed by atoms with Gasteiger partial charge in [0.15, 0.2) is 11.5 Å². The third-order valence-corrected chi connectivity index (χ3v) is 2.45. The third-order valence-electron chi connectivity index (χ3n) is 1.84. The van der Waals surface area contributed by atoms with Gasteiger partial charge in [-0.15, -0.1) is 0 Å². The summed E-state index contributed by atoms with van der Waals surface area (Å²) in [7, 11) is 0. The summed E-state index contributed by atoms with van der Waals surface area (Å²) in [6.07, 6.45) is 0. The van der Waals surface area contributed by atoms with Crippen molar-refractivity contribution in [2.24, 2.45) is 0 Å². The highest BCUT2D eigenvalue weighted by Crippen LogP contribution is 2.44. The molecular weight excluding hydrogens is 240 g/mol. The first-order chi connectivity index (χ1) is 6.24. The first kappa shape index (κ1) is 8.65. The molecule has 0 unspecified atom stereocenters. The van der Waals surface area contributed by atoms with Crippen LogP contribution >= 0.6 is 15.9 Å². The van der Waals surface area contributed by atoms with Crippen LogP contribution < -0.4 is 9.47 Å². The molecule has 0 saturated heterocycles. The van der Waals surface area contributed by atoms with E-state index >= 15 is 0 Å². The van der Waals surface area contributed by atoms with Gasteiger partial charge in [0.25, 0.3) is 0 Å². The summed E-state index contributed by atoms with van der Waals surface area (Å²) in [5.74, 6) is 0.948. The van der Waals surface area contributed by atoms with Gasteiger partial charge in [0.05, 0.1) is 16.6 Å². The Hall–Kier alpha value is -0.940. The lowest BCUT2D eigenvalue weighted by Gasteiger charge is -2.06. The fourth-order valence-electron chi connectivity index (χ4n) is 1.21. The lowest BCUT2D eigenvalue weighted by molar-refractivity contribution is 0.171. The Kier molecular flexibility index (Phi) is 2.05. The molecule has 0 atom stereocenters. The van der Waals surface area contributed by atoms with Crippen molar-refractivity contribution in [2.75, 3.05) is 6.79 Å². The van der Waals surface area contributed by atoms with Crippen molar-refractivity contribution in [1.82, 2.24) is 0 Å². The standard InChI is InChI=1S/C8H7BrO4/c9-5-1-6-8(13-3-12-6)4(2-10)7(5)11/h1,10-11H,2-3H2. The van der Waals surface area contributed by atoms with Crippen molar-refractivity contribution < 1.29 is 19.7 Å². The number of aliphatic hydroxyl groups is 1. The van der Waals surface area contributed by atoms with Crippen LogP contribution in [0.15, 0.2) is 10.5 Å². The molecule has 0 bridgehead atoms. The van der Waals surface area contributed by atoms with E-state index in [9.17, 15) is 5.11 Å². The number of ether oxygens (including phenoxy) is 2. The molecule has 0 aromatic heterocycles. The zero-order valence-electron chi connectivity index (χ0n) is 6.58. The normalized spacial score (nSPS) is 13.4. The number of hydrogen-bond donors (Lipinski definition) is 2. The van der Waals surface area contributed by atoms with Crippen molar-refractivity contribution in [3.63, 3.8) is 0 Å². The quantitative estimate of drug-likeness (QED) is 0.786. The van der Waals surface area contributed by atoms with Crippen LogP contribution in [0.1, 0.15) is 5.56 Å². The fraction of sp³-hybridized carbons (Fsp3) is 0.250. The fourth-order valence-corrected chi connectivity index (χ4v) is 1.66. The van der Waals surface area contributed by atoms with Gasteiger partial charge in [-0.25, -0.2) is 0 Å². The molecule has 1 aromatic carbocycles. The molecule has 13 heavy (non-hydrogen) atoms. The molecule has 0 spiro atoms. The Labute approximate surface area is 82.8 Å². The van der Waals surface area contributed by atoms with Crippen LogP contribution in [-0.4, -0.2) is 17.0 Å². The van der Waals surface area contributed by atoms with Crippen molar-refractivity contribution in [3.8, 4) is 17.2 Å². The van der Waals surface area contributed by atoms with E-state index in [-0.39, 0.29) is 19.1 Å². The molecular formula is C8H7BrO4. The number of rotatable bonds is 1. The molecule has 0 radical (unpaired) electrons. The highest BCUT2D eigenvalue weighted by Gasteiger charge is 2.22. The van der Waals surface area contributed by atoms with Gasteiger partial charge in [-0.3, -0.25) is 0 Å². The van der Waals surface area contributed by atoms with E-state index in [1.54, 1.807) is 6.07 Å². The van der Waals surface area contributed by atoms with Crippen molar-refractivity contribution in [3.05, 3.63) is 16.1 Å². The van der Waals surface area contributed by atoms with E-state index in [2.05, 4.69) is 15.9 Å². The third kappa shape index (κ3) is 1.24. The molecule has 1 aromatic rings. The second-order valence-corrected chi connectivity index (χ2v) is 3.43. The number of aromatic hydroxyl groups is 1. The maximum atomic E-state index is 9.52. The molecule has 2 N–H and O–H groups in total. The van der Waals surface area contributed by atoms with Gasteiger partial charge < -0.3 is 19.7 Å². The van der Waals surface area contributed by atoms with Gasteiger partial charge in [0.1, 0.15) is 5.75 Å². The summed E-state index contributed by atoms with van der Waals surface area (Å²) in [6.45, 7) is -0.158. The van der Waals surface area contributed by atoms with Gasteiger partial charge in [-0.05, 0) is 15.9 Å². The maximum Gasteiger partial charge on any atom is 0.231 e. The molecule has 0 amide bonds. The van der Waals surface area contributed by atoms with E-state index < -0.39 is 0 Å². The number of hydrogen-bond acceptors (Lipinski definition) is 4.